The van der Waals surface area contributed by atoms with Crippen molar-refractivity contribution in [2.45, 2.75) is 4.90 Å². The van der Waals surface area contributed by atoms with Crippen LogP contribution in [0.3, 0.4) is 0 Å². The van der Waals surface area contributed by atoms with Gasteiger partial charge in [-0.05, 0) is 17.5 Å². The number of hydrogen-bond donors (Lipinski definition) is 2. The van der Waals surface area contributed by atoms with Gasteiger partial charge >= 0.3 is 0 Å². The molecule has 0 aliphatic heterocycles. The van der Waals surface area contributed by atoms with Gasteiger partial charge in [0.25, 0.3) is 0 Å². The number of H-pyrrole nitrogens is 1. The maximum Gasteiger partial charge on any atom is 0.238 e. The summed E-state index contributed by atoms with van der Waals surface area (Å²) >= 11 is 0. The fourth-order valence-corrected chi connectivity index (χ4v) is 3.62. The van der Waals surface area contributed by atoms with Crippen molar-refractivity contribution in [2.75, 3.05) is 0 Å². The minimum absolute atomic E-state index is 0.0821. The largest absolute Gasteiger partial charge is 0.277 e. The van der Waals surface area contributed by atoms with Gasteiger partial charge in [-0.2, -0.15) is 5.10 Å². The lowest BCUT2D eigenvalue weighted by Gasteiger charge is -2.06. The highest BCUT2D eigenvalue weighted by molar-refractivity contribution is 7.89. The smallest absolute Gasteiger partial charge is 0.238 e. The Morgan fingerprint density at radius 3 is 2.43 bits per heavy atom. The molecule has 0 fully saturated rings. The van der Waals surface area contributed by atoms with Gasteiger partial charge < -0.3 is 0 Å². The van der Waals surface area contributed by atoms with Crippen molar-refractivity contribution >= 4 is 31.7 Å². The summed E-state index contributed by atoms with van der Waals surface area (Å²) < 4.78 is 23.7. The molecule has 0 aliphatic rings. The molecule has 1 heterocycles. The van der Waals surface area contributed by atoms with Crippen LogP contribution in [0.1, 0.15) is 0 Å². The molecule has 0 spiro atoms. The topological polar surface area (TPSA) is 88.8 Å². The molecular weight excluding hydrogens is 310 g/mol. The summed E-state index contributed by atoms with van der Waals surface area (Å²) in [4.78, 5) is 0.0821. The lowest BCUT2D eigenvalue weighted by atomic mass is 10.0. The summed E-state index contributed by atoms with van der Waals surface area (Å²) in [6.45, 7) is 0. The summed E-state index contributed by atoms with van der Waals surface area (Å²) in [6.07, 6.45) is 0. The standard InChI is InChI=1S/C17H13N3O2S/c18-23(21,22)15-8-4-3-7-13(15)17-14-10-9-11-5-1-2-6-12(11)16(14)19-20-17/h1-10H,(H,19,20)(H2,18,21,22). The van der Waals surface area contributed by atoms with Crippen molar-refractivity contribution in [3.8, 4) is 11.3 Å². The molecule has 6 heteroatoms. The number of aromatic amines is 1. The second-order valence-corrected chi connectivity index (χ2v) is 6.85. The van der Waals surface area contributed by atoms with Crippen LogP contribution < -0.4 is 5.14 Å². The van der Waals surface area contributed by atoms with E-state index < -0.39 is 10.0 Å². The minimum atomic E-state index is -3.82. The van der Waals surface area contributed by atoms with Gasteiger partial charge in [0.15, 0.2) is 0 Å². The van der Waals surface area contributed by atoms with Gasteiger partial charge in [0, 0.05) is 16.3 Å². The molecule has 0 amide bonds. The third kappa shape index (κ3) is 2.19. The van der Waals surface area contributed by atoms with Crippen LogP contribution in [-0.2, 0) is 10.0 Å². The second kappa shape index (κ2) is 4.91. The van der Waals surface area contributed by atoms with Gasteiger partial charge in [0.1, 0.15) is 5.52 Å². The van der Waals surface area contributed by atoms with Crippen LogP contribution in [0.25, 0.3) is 32.9 Å². The molecule has 1 aromatic heterocycles. The molecule has 0 unspecified atom stereocenters. The Balaban J connectivity index is 2.07. The van der Waals surface area contributed by atoms with Gasteiger partial charge in [-0.25, -0.2) is 13.6 Å². The van der Waals surface area contributed by atoms with Crippen LogP contribution in [0.4, 0.5) is 0 Å². The molecule has 4 aromatic rings. The summed E-state index contributed by atoms with van der Waals surface area (Å²) in [6, 6.07) is 18.5. The molecule has 0 saturated heterocycles. The van der Waals surface area contributed by atoms with Gasteiger partial charge in [-0.15, -0.1) is 0 Å². The molecule has 3 aromatic carbocycles. The zero-order valence-corrected chi connectivity index (χ0v) is 12.8. The van der Waals surface area contributed by atoms with Crippen LogP contribution in [0.2, 0.25) is 0 Å². The molecule has 4 rings (SSSR count). The number of primary sulfonamides is 1. The lowest BCUT2D eigenvalue weighted by molar-refractivity contribution is 0.598. The fourth-order valence-electron chi connectivity index (χ4n) is 2.88. The van der Waals surface area contributed by atoms with E-state index in [2.05, 4.69) is 10.2 Å². The van der Waals surface area contributed by atoms with Gasteiger partial charge in [-0.1, -0.05) is 48.5 Å². The number of hydrogen-bond acceptors (Lipinski definition) is 3. The predicted molar refractivity (Wildman–Crippen MR) is 90.4 cm³/mol. The lowest BCUT2D eigenvalue weighted by Crippen LogP contribution is -2.13. The molecule has 23 heavy (non-hydrogen) atoms. The molecule has 114 valence electrons. The first-order valence-electron chi connectivity index (χ1n) is 7.04. The first-order valence-corrected chi connectivity index (χ1v) is 8.58. The highest BCUT2D eigenvalue weighted by atomic mass is 32.2. The monoisotopic (exact) mass is 323 g/mol. The number of fused-ring (bicyclic) bond motifs is 3. The Kier molecular flexibility index (Phi) is 2.97. The number of nitrogens with two attached hydrogens (primary N) is 1. The van der Waals surface area contributed by atoms with Crippen molar-refractivity contribution in [2.24, 2.45) is 5.14 Å². The minimum Gasteiger partial charge on any atom is -0.277 e. The van der Waals surface area contributed by atoms with E-state index in [-0.39, 0.29) is 4.90 Å². The van der Waals surface area contributed by atoms with E-state index in [1.807, 2.05) is 36.4 Å². The third-order valence-corrected chi connectivity index (χ3v) is 4.88. The van der Waals surface area contributed by atoms with E-state index >= 15 is 0 Å². The summed E-state index contributed by atoms with van der Waals surface area (Å²) in [7, 11) is -3.82. The van der Waals surface area contributed by atoms with Gasteiger partial charge in [0.05, 0.1) is 10.6 Å². The Morgan fingerprint density at radius 1 is 0.870 bits per heavy atom. The van der Waals surface area contributed by atoms with Crippen LogP contribution in [0.5, 0.6) is 0 Å². The number of rotatable bonds is 2. The second-order valence-electron chi connectivity index (χ2n) is 5.32. The number of nitrogens with zero attached hydrogens (tertiary/aromatic N) is 1. The number of sulfonamides is 1. The molecule has 0 radical (unpaired) electrons. The van der Waals surface area contributed by atoms with E-state index in [4.69, 9.17) is 5.14 Å². The maximum absolute atomic E-state index is 11.8. The highest BCUT2D eigenvalue weighted by Crippen LogP contribution is 2.33. The van der Waals surface area contributed by atoms with Crippen molar-refractivity contribution in [1.29, 1.82) is 0 Å². The van der Waals surface area contributed by atoms with E-state index in [9.17, 15) is 8.42 Å². The molecule has 0 atom stereocenters. The normalized spacial score (nSPS) is 12.0. The van der Waals surface area contributed by atoms with Crippen LogP contribution >= 0.6 is 0 Å². The molecule has 0 bridgehead atoms. The van der Waals surface area contributed by atoms with E-state index in [0.717, 1.165) is 21.7 Å². The SMILES string of the molecule is NS(=O)(=O)c1ccccc1-c1[nH]nc2c1ccc1ccccc12. The van der Waals surface area contributed by atoms with Crippen molar-refractivity contribution in [3.05, 3.63) is 60.7 Å². The van der Waals surface area contributed by atoms with Gasteiger partial charge in [-0.3, -0.25) is 5.10 Å². The summed E-state index contributed by atoms with van der Waals surface area (Å²) in [5.41, 5.74) is 1.98. The average Bonchev–Trinajstić information content (AvgIpc) is 2.98. The molecule has 0 aliphatic carbocycles. The first-order chi connectivity index (χ1) is 11.1. The Morgan fingerprint density at radius 2 is 1.61 bits per heavy atom. The summed E-state index contributed by atoms with van der Waals surface area (Å²) in [5, 5.41) is 15.6. The van der Waals surface area contributed by atoms with Crippen LogP contribution in [-0.4, -0.2) is 18.6 Å². The van der Waals surface area contributed by atoms with Crippen molar-refractivity contribution in [1.82, 2.24) is 10.2 Å². The third-order valence-electron chi connectivity index (χ3n) is 3.91. The zero-order chi connectivity index (χ0) is 16.0. The van der Waals surface area contributed by atoms with Crippen molar-refractivity contribution < 1.29 is 8.42 Å². The predicted octanol–water partition coefficient (Wildman–Crippen LogP) is 3.03. The maximum atomic E-state index is 11.8. The zero-order valence-electron chi connectivity index (χ0n) is 12.0. The van der Waals surface area contributed by atoms with Crippen LogP contribution in [0, 0.1) is 0 Å². The van der Waals surface area contributed by atoms with E-state index in [0.29, 0.717) is 11.3 Å². The Hall–Kier alpha value is -2.70. The van der Waals surface area contributed by atoms with E-state index in [1.54, 1.807) is 18.2 Å². The number of aromatic nitrogens is 2. The highest BCUT2D eigenvalue weighted by Gasteiger charge is 2.18. The molecule has 5 nitrogen and oxygen atoms in total. The molecule has 0 saturated carbocycles. The molecular formula is C17H13N3O2S. The average molecular weight is 323 g/mol. The van der Waals surface area contributed by atoms with Crippen LogP contribution in [0.15, 0.2) is 65.6 Å². The summed E-state index contributed by atoms with van der Waals surface area (Å²) in [5.74, 6) is 0. The quantitative estimate of drug-likeness (QED) is 0.594. The van der Waals surface area contributed by atoms with E-state index in [1.165, 1.54) is 6.07 Å². The van der Waals surface area contributed by atoms with Crippen molar-refractivity contribution in [3.63, 3.8) is 0 Å². The first kappa shape index (κ1) is 13.9. The Labute approximate surface area is 132 Å². The fraction of sp³-hybridized carbons (Fsp3) is 0. The number of nitrogens with one attached hydrogen (secondary N) is 1. The molecule has 3 N–H and O–H groups in total. The Bertz CT molecular complexity index is 1150. The number of benzene rings is 3. The van der Waals surface area contributed by atoms with Gasteiger partial charge in [0.2, 0.25) is 10.0 Å².